The normalized spacial score (nSPS) is 12.7. The Morgan fingerprint density at radius 2 is 2.33 bits per heavy atom. The van der Waals surface area contributed by atoms with Gasteiger partial charge in [0.1, 0.15) is 6.61 Å². The number of amides is 1. The van der Waals surface area contributed by atoms with Crippen molar-refractivity contribution in [3.05, 3.63) is 0 Å². The molecule has 0 fully saturated rings. The molecule has 1 amide bonds. The van der Waals surface area contributed by atoms with Crippen molar-refractivity contribution < 1.29 is 14.3 Å². The Kier molecular flexibility index (Phi) is 3.79. The zero-order valence-corrected chi connectivity index (χ0v) is 5.59. The predicted molar refractivity (Wildman–Crippen MR) is 32.0 cm³/mol. The van der Waals surface area contributed by atoms with Gasteiger partial charge in [0.2, 0.25) is 0 Å². The number of rotatable bonds is 3. The van der Waals surface area contributed by atoms with E-state index in [-0.39, 0.29) is 12.7 Å². The average Bonchev–Trinajstić information content (AvgIpc) is 1.83. The number of hydrogen-bond donors (Lipinski definition) is 1. The van der Waals surface area contributed by atoms with Crippen LogP contribution in [0.1, 0.15) is 6.92 Å². The molecule has 9 heavy (non-hydrogen) atoms. The van der Waals surface area contributed by atoms with E-state index < -0.39 is 6.09 Å². The molecule has 4 heteroatoms. The maximum atomic E-state index is 9.96. The van der Waals surface area contributed by atoms with E-state index in [2.05, 4.69) is 10.5 Å². The minimum absolute atomic E-state index is 0.0856. The Labute approximate surface area is 53.9 Å². The largest absolute Gasteiger partial charge is 0.447 e. The molecule has 0 heterocycles. The molecule has 2 N–H and O–H groups in total. The van der Waals surface area contributed by atoms with Crippen LogP contribution in [0.2, 0.25) is 0 Å². The molecule has 54 valence electrons. The van der Waals surface area contributed by atoms with Crippen LogP contribution in [-0.4, -0.2) is 25.9 Å². The van der Waals surface area contributed by atoms with Crippen molar-refractivity contribution in [1.29, 1.82) is 0 Å². The third kappa shape index (κ3) is 5.10. The monoisotopic (exact) mass is 133 g/mol. The maximum absolute atomic E-state index is 9.96. The van der Waals surface area contributed by atoms with Crippen LogP contribution in [-0.2, 0) is 9.47 Å². The third-order valence-electron chi connectivity index (χ3n) is 0.863. The van der Waals surface area contributed by atoms with Crippen LogP contribution >= 0.6 is 0 Å². The smallest absolute Gasteiger partial charge is 0.404 e. The maximum Gasteiger partial charge on any atom is 0.404 e. The minimum atomic E-state index is -0.765. The molecule has 0 aliphatic rings. The second kappa shape index (κ2) is 4.14. The van der Waals surface area contributed by atoms with Crippen molar-refractivity contribution in [3.8, 4) is 0 Å². The van der Waals surface area contributed by atoms with Crippen molar-refractivity contribution in [1.82, 2.24) is 0 Å². The van der Waals surface area contributed by atoms with Gasteiger partial charge < -0.3 is 15.2 Å². The molecule has 0 unspecified atom stereocenters. The van der Waals surface area contributed by atoms with Gasteiger partial charge in [-0.05, 0) is 6.92 Å². The van der Waals surface area contributed by atoms with Gasteiger partial charge in [0.05, 0.1) is 6.10 Å². The van der Waals surface area contributed by atoms with Crippen LogP contribution in [0.15, 0.2) is 0 Å². The molecule has 0 aliphatic carbocycles. The van der Waals surface area contributed by atoms with Gasteiger partial charge in [0.25, 0.3) is 0 Å². The number of carbonyl (C=O) groups excluding carboxylic acids is 1. The summed E-state index contributed by atoms with van der Waals surface area (Å²) < 4.78 is 9.18. The van der Waals surface area contributed by atoms with Crippen LogP contribution in [0, 0.1) is 0 Å². The first-order valence-corrected chi connectivity index (χ1v) is 2.62. The molecule has 0 aromatic rings. The fraction of sp³-hybridized carbons (Fsp3) is 0.800. The number of hydrogen-bond acceptors (Lipinski definition) is 3. The lowest BCUT2D eigenvalue weighted by atomic mass is 10.4. The summed E-state index contributed by atoms with van der Waals surface area (Å²) in [7, 11) is 1.54. The lowest BCUT2D eigenvalue weighted by Crippen LogP contribution is -2.21. The summed E-state index contributed by atoms with van der Waals surface area (Å²) in [6, 6.07) is 0. The molecule has 4 nitrogen and oxygen atoms in total. The second-order valence-corrected chi connectivity index (χ2v) is 1.68. The highest BCUT2D eigenvalue weighted by Crippen LogP contribution is 1.87. The van der Waals surface area contributed by atoms with E-state index in [1.807, 2.05) is 0 Å². The highest BCUT2D eigenvalue weighted by molar-refractivity contribution is 5.64. The fourth-order valence-electron chi connectivity index (χ4n) is 0.268. The number of nitrogens with two attached hydrogens (primary N) is 1. The van der Waals surface area contributed by atoms with Crippen LogP contribution in [0.5, 0.6) is 0 Å². The van der Waals surface area contributed by atoms with E-state index >= 15 is 0 Å². The van der Waals surface area contributed by atoms with Crippen molar-refractivity contribution >= 4 is 6.09 Å². The minimum Gasteiger partial charge on any atom is -0.447 e. The Bertz CT molecular complexity index is 94.2. The third-order valence-corrected chi connectivity index (χ3v) is 0.863. The lowest BCUT2D eigenvalue weighted by molar-refractivity contribution is 0.0493. The number of primary amides is 1. The SMILES string of the molecule is CO[C@H](C)COC(N)=O. The molecule has 1 atom stereocenters. The molecule has 0 aliphatic heterocycles. The first-order valence-electron chi connectivity index (χ1n) is 2.62. The van der Waals surface area contributed by atoms with Gasteiger partial charge in [-0.3, -0.25) is 0 Å². The van der Waals surface area contributed by atoms with Gasteiger partial charge in [0, 0.05) is 7.11 Å². The molecule has 0 aromatic heterocycles. The van der Waals surface area contributed by atoms with Crippen LogP contribution in [0.3, 0.4) is 0 Å². The molecule has 0 aromatic carbocycles. The van der Waals surface area contributed by atoms with Crippen molar-refractivity contribution in [2.45, 2.75) is 13.0 Å². The highest BCUT2D eigenvalue weighted by atomic mass is 16.6. The summed E-state index contributed by atoms with van der Waals surface area (Å²) in [5, 5.41) is 0. The topological polar surface area (TPSA) is 61.6 Å². The number of methoxy groups -OCH3 is 1. The van der Waals surface area contributed by atoms with E-state index in [1.54, 1.807) is 6.92 Å². The molecular weight excluding hydrogens is 122 g/mol. The summed E-state index contributed by atoms with van der Waals surface area (Å²) >= 11 is 0. The van der Waals surface area contributed by atoms with Gasteiger partial charge in [-0.1, -0.05) is 0 Å². The zero-order chi connectivity index (χ0) is 7.28. The van der Waals surface area contributed by atoms with E-state index in [0.29, 0.717) is 0 Å². The molecular formula is C5H11NO3. The van der Waals surface area contributed by atoms with E-state index in [1.165, 1.54) is 7.11 Å². The van der Waals surface area contributed by atoms with E-state index in [9.17, 15) is 4.79 Å². The summed E-state index contributed by atoms with van der Waals surface area (Å²) in [6.45, 7) is 1.99. The van der Waals surface area contributed by atoms with Crippen molar-refractivity contribution in [2.24, 2.45) is 5.73 Å². The van der Waals surface area contributed by atoms with Gasteiger partial charge in [0.15, 0.2) is 0 Å². The van der Waals surface area contributed by atoms with Gasteiger partial charge in [-0.2, -0.15) is 0 Å². The summed E-state index contributed by atoms with van der Waals surface area (Å²) in [6.07, 6.45) is -0.851. The number of ether oxygens (including phenoxy) is 2. The lowest BCUT2D eigenvalue weighted by Gasteiger charge is -2.07. The first-order chi connectivity index (χ1) is 4.16. The Balaban J connectivity index is 3.16. The van der Waals surface area contributed by atoms with Crippen LogP contribution < -0.4 is 5.73 Å². The van der Waals surface area contributed by atoms with Gasteiger partial charge in [-0.25, -0.2) is 4.79 Å². The summed E-state index contributed by atoms with van der Waals surface area (Å²) in [5.74, 6) is 0. The first kappa shape index (κ1) is 8.23. The molecule has 0 saturated carbocycles. The van der Waals surface area contributed by atoms with Crippen LogP contribution in [0.25, 0.3) is 0 Å². The predicted octanol–water partition coefficient (Wildman–Crippen LogP) is 0.117. The van der Waals surface area contributed by atoms with Gasteiger partial charge in [-0.15, -0.1) is 0 Å². The second-order valence-electron chi connectivity index (χ2n) is 1.68. The quantitative estimate of drug-likeness (QED) is 0.594. The molecule has 0 spiro atoms. The Morgan fingerprint density at radius 1 is 1.78 bits per heavy atom. The average molecular weight is 133 g/mol. The van der Waals surface area contributed by atoms with Gasteiger partial charge >= 0.3 is 6.09 Å². The summed E-state index contributed by atoms with van der Waals surface area (Å²) in [5.41, 5.74) is 4.68. The summed E-state index contributed by atoms with van der Waals surface area (Å²) in [4.78, 5) is 9.96. The van der Waals surface area contributed by atoms with Crippen molar-refractivity contribution in [3.63, 3.8) is 0 Å². The van der Waals surface area contributed by atoms with Crippen LogP contribution in [0.4, 0.5) is 4.79 Å². The standard InChI is InChI=1S/C5H11NO3/c1-4(8-2)3-9-5(6)7/h4H,3H2,1-2H3,(H2,6,7)/t4-/m1/s1. The molecule has 0 saturated heterocycles. The van der Waals surface area contributed by atoms with E-state index in [4.69, 9.17) is 4.74 Å². The van der Waals surface area contributed by atoms with E-state index in [0.717, 1.165) is 0 Å². The Morgan fingerprint density at radius 3 is 2.67 bits per heavy atom. The molecule has 0 radical (unpaired) electrons. The molecule has 0 rings (SSSR count). The highest BCUT2D eigenvalue weighted by Gasteiger charge is 2.00. The van der Waals surface area contributed by atoms with Crippen molar-refractivity contribution in [2.75, 3.05) is 13.7 Å². The molecule has 0 bridgehead atoms. The zero-order valence-electron chi connectivity index (χ0n) is 5.59. The fourth-order valence-corrected chi connectivity index (χ4v) is 0.268. The number of carbonyl (C=O) groups is 1. The Hall–Kier alpha value is -0.770.